The molecule has 2 aliphatic rings. The molecule has 0 aromatic heterocycles. The summed E-state index contributed by atoms with van der Waals surface area (Å²) >= 11 is 0. The molecule has 0 N–H and O–H groups in total. The van der Waals surface area contributed by atoms with Gasteiger partial charge in [0.1, 0.15) is 0 Å². The van der Waals surface area contributed by atoms with Crippen molar-refractivity contribution < 1.29 is 13.2 Å². The van der Waals surface area contributed by atoms with Crippen molar-refractivity contribution in [2.24, 2.45) is 5.92 Å². The number of sulfonamides is 1. The molecule has 0 radical (unpaired) electrons. The van der Waals surface area contributed by atoms with Crippen LogP contribution < -0.4 is 0 Å². The van der Waals surface area contributed by atoms with Gasteiger partial charge < -0.3 is 4.90 Å². The average molecular weight is 467 g/mol. The Morgan fingerprint density at radius 2 is 1.79 bits per heavy atom. The number of rotatable bonds is 5. The van der Waals surface area contributed by atoms with E-state index < -0.39 is 10.0 Å². The van der Waals surface area contributed by atoms with Gasteiger partial charge >= 0.3 is 0 Å². The SMILES string of the molecule is C[C@H]1CCCN(S(=O)(=O)c2cccc(C(=O)N3CCN(Cc4ccc(C#N)cc4)CC3)c2)C1. The highest BCUT2D eigenvalue weighted by atomic mass is 32.2. The molecule has 0 unspecified atom stereocenters. The second kappa shape index (κ2) is 10.0. The summed E-state index contributed by atoms with van der Waals surface area (Å²) in [6.45, 7) is 6.59. The van der Waals surface area contributed by atoms with Crippen LogP contribution in [0.1, 0.15) is 41.3 Å². The first-order chi connectivity index (χ1) is 15.9. The van der Waals surface area contributed by atoms with Crippen molar-refractivity contribution in [2.45, 2.75) is 31.2 Å². The highest BCUT2D eigenvalue weighted by Gasteiger charge is 2.30. The Morgan fingerprint density at radius 3 is 2.45 bits per heavy atom. The summed E-state index contributed by atoms with van der Waals surface area (Å²) in [6.07, 6.45) is 1.91. The van der Waals surface area contributed by atoms with Gasteiger partial charge in [-0.2, -0.15) is 9.57 Å². The lowest BCUT2D eigenvalue weighted by molar-refractivity contribution is 0.0628. The lowest BCUT2D eigenvalue weighted by Gasteiger charge is -2.35. The number of carbonyl (C=O) groups excluding carboxylic acids is 1. The van der Waals surface area contributed by atoms with Crippen molar-refractivity contribution >= 4 is 15.9 Å². The molecule has 4 rings (SSSR count). The maximum Gasteiger partial charge on any atom is 0.253 e. The molecule has 1 atom stereocenters. The zero-order chi connectivity index (χ0) is 23.4. The van der Waals surface area contributed by atoms with Crippen LogP contribution in [-0.2, 0) is 16.6 Å². The highest BCUT2D eigenvalue weighted by molar-refractivity contribution is 7.89. The number of benzene rings is 2. The first-order valence-corrected chi connectivity index (χ1v) is 12.9. The summed E-state index contributed by atoms with van der Waals surface area (Å²) in [5, 5.41) is 8.93. The molecule has 7 nitrogen and oxygen atoms in total. The molecule has 8 heteroatoms. The molecule has 0 aliphatic carbocycles. The molecule has 174 valence electrons. The van der Waals surface area contributed by atoms with Crippen LogP contribution in [0.4, 0.5) is 0 Å². The number of hydrogen-bond acceptors (Lipinski definition) is 5. The first kappa shape index (κ1) is 23.4. The van der Waals surface area contributed by atoms with E-state index in [0.29, 0.717) is 43.2 Å². The molecule has 1 amide bonds. The van der Waals surface area contributed by atoms with E-state index in [1.165, 1.54) is 6.07 Å². The number of nitrogens with zero attached hydrogens (tertiary/aromatic N) is 4. The molecule has 2 saturated heterocycles. The van der Waals surface area contributed by atoms with Crippen LogP contribution in [0.15, 0.2) is 53.4 Å². The predicted octanol–water partition coefficient (Wildman–Crippen LogP) is 2.94. The average Bonchev–Trinajstić information content (AvgIpc) is 2.84. The number of amides is 1. The minimum Gasteiger partial charge on any atom is -0.336 e. The zero-order valence-corrected chi connectivity index (χ0v) is 19.8. The fourth-order valence-electron chi connectivity index (χ4n) is 4.54. The molecule has 2 aliphatic heterocycles. The Bertz CT molecular complexity index is 1130. The standard InChI is InChI=1S/C25H30N4O3S/c1-20-4-3-11-29(18-20)33(31,32)24-6-2-5-23(16-24)25(30)28-14-12-27(13-15-28)19-22-9-7-21(17-26)8-10-22/h2,5-10,16,20H,3-4,11-15,18-19H2,1H3/t20-/m0/s1. The molecule has 2 fully saturated rings. The quantitative estimate of drug-likeness (QED) is 0.676. The van der Waals surface area contributed by atoms with Gasteiger partial charge in [0.2, 0.25) is 10.0 Å². The highest BCUT2D eigenvalue weighted by Crippen LogP contribution is 2.24. The van der Waals surface area contributed by atoms with Crippen LogP contribution in [0.2, 0.25) is 0 Å². The summed E-state index contributed by atoms with van der Waals surface area (Å²) in [7, 11) is -3.60. The topological polar surface area (TPSA) is 84.7 Å². The fourth-order valence-corrected chi connectivity index (χ4v) is 6.18. The minimum absolute atomic E-state index is 0.128. The van der Waals surface area contributed by atoms with Crippen molar-refractivity contribution in [3.05, 3.63) is 65.2 Å². The summed E-state index contributed by atoms with van der Waals surface area (Å²) in [4.78, 5) is 17.4. The molecule has 2 aromatic rings. The van der Waals surface area contributed by atoms with Crippen LogP contribution in [0.5, 0.6) is 0 Å². The second-order valence-electron chi connectivity index (χ2n) is 9.02. The molecular weight excluding hydrogens is 436 g/mol. The van der Waals surface area contributed by atoms with E-state index in [4.69, 9.17) is 5.26 Å². The molecule has 33 heavy (non-hydrogen) atoms. The Labute approximate surface area is 196 Å². The van der Waals surface area contributed by atoms with E-state index >= 15 is 0 Å². The van der Waals surface area contributed by atoms with Crippen LogP contribution in [0.25, 0.3) is 0 Å². The Kier molecular flexibility index (Phi) is 7.13. The molecule has 2 aromatic carbocycles. The van der Waals surface area contributed by atoms with Crippen LogP contribution >= 0.6 is 0 Å². The van der Waals surface area contributed by atoms with Crippen molar-refractivity contribution in [3.8, 4) is 6.07 Å². The summed E-state index contributed by atoms with van der Waals surface area (Å²) in [5.74, 6) is 0.219. The lowest BCUT2D eigenvalue weighted by Crippen LogP contribution is -2.48. The van der Waals surface area contributed by atoms with E-state index in [-0.39, 0.29) is 10.8 Å². The van der Waals surface area contributed by atoms with Crippen LogP contribution in [0, 0.1) is 17.2 Å². The van der Waals surface area contributed by atoms with Crippen molar-refractivity contribution in [1.29, 1.82) is 5.26 Å². The van der Waals surface area contributed by atoms with E-state index in [1.54, 1.807) is 27.4 Å². The van der Waals surface area contributed by atoms with E-state index in [9.17, 15) is 13.2 Å². The van der Waals surface area contributed by atoms with Crippen molar-refractivity contribution in [1.82, 2.24) is 14.1 Å². The van der Waals surface area contributed by atoms with Gasteiger partial charge in [-0.15, -0.1) is 0 Å². The summed E-state index contributed by atoms with van der Waals surface area (Å²) in [6, 6.07) is 16.2. The molecule has 0 saturated carbocycles. The van der Waals surface area contributed by atoms with Crippen LogP contribution in [-0.4, -0.2) is 67.7 Å². The van der Waals surface area contributed by atoms with Crippen molar-refractivity contribution in [2.75, 3.05) is 39.3 Å². The van der Waals surface area contributed by atoms with Gasteiger partial charge in [-0.25, -0.2) is 8.42 Å². The Hall–Kier alpha value is -2.73. The summed E-state index contributed by atoms with van der Waals surface area (Å²) < 4.78 is 27.8. The van der Waals surface area contributed by atoms with E-state index in [0.717, 1.165) is 38.0 Å². The van der Waals surface area contributed by atoms with Crippen molar-refractivity contribution in [3.63, 3.8) is 0 Å². The zero-order valence-electron chi connectivity index (χ0n) is 19.0. The fraction of sp³-hybridized carbons (Fsp3) is 0.440. The third-order valence-corrected chi connectivity index (χ3v) is 8.35. The lowest BCUT2D eigenvalue weighted by atomic mass is 10.0. The maximum atomic E-state index is 13.1. The number of hydrogen-bond donors (Lipinski definition) is 0. The van der Waals surface area contributed by atoms with Gasteiger partial charge in [-0.05, 0) is 54.7 Å². The number of nitriles is 1. The predicted molar refractivity (Wildman–Crippen MR) is 126 cm³/mol. The third kappa shape index (κ3) is 5.44. The monoisotopic (exact) mass is 466 g/mol. The van der Waals surface area contributed by atoms with Gasteiger partial charge in [0.25, 0.3) is 5.91 Å². The smallest absolute Gasteiger partial charge is 0.253 e. The third-order valence-electron chi connectivity index (χ3n) is 6.49. The molecule has 0 spiro atoms. The van der Waals surface area contributed by atoms with Crippen LogP contribution in [0.3, 0.4) is 0 Å². The molecule has 2 heterocycles. The van der Waals surface area contributed by atoms with E-state index in [1.807, 2.05) is 24.3 Å². The number of carbonyl (C=O) groups is 1. The maximum absolute atomic E-state index is 13.1. The van der Waals surface area contributed by atoms with Gasteiger partial charge in [-0.3, -0.25) is 9.69 Å². The Morgan fingerprint density at radius 1 is 1.06 bits per heavy atom. The van der Waals surface area contributed by atoms with Gasteiger partial charge in [0.15, 0.2) is 0 Å². The summed E-state index contributed by atoms with van der Waals surface area (Å²) in [5.41, 5.74) is 2.20. The first-order valence-electron chi connectivity index (χ1n) is 11.5. The normalized spacial score (nSPS) is 20.4. The number of piperidine rings is 1. The second-order valence-corrected chi connectivity index (χ2v) is 11.0. The Balaban J connectivity index is 1.38. The number of piperazine rings is 1. The van der Waals surface area contributed by atoms with Gasteiger partial charge in [0.05, 0.1) is 16.5 Å². The van der Waals surface area contributed by atoms with Gasteiger partial charge in [0, 0.05) is 51.4 Å². The van der Waals surface area contributed by atoms with E-state index in [2.05, 4.69) is 17.9 Å². The molecular formula is C25H30N4O3S. The van der Waals surface area contributed by atoms with Gasteiger partial charge in [-0.1, -0.05) is 25.1 Å². The molecule has 0 bridgehead atoms. The largest absolute Gasteiger partial charge is 0.336 e. The minimum atomic E-state index is -3.60.